The molecule has 1 rings (SSSR count). The van der Waals surface area contributed by atoms with E-state index in [9.17, 15) is 9.59 Å². The van der Waals surface area contributed by atoms with Crippen molar-refractivity contribution in [3.05, 3.63) is 29.8 Å². The molecule has 0 unspecified atom stereocenters. The summed E-state index contributed by atoms with van der Waals surface area (Å²) in [4.78, 5) is 23.4. The first-order valence-electron chi connectivity index (χ1n) is 6.01. The van der Waals surface area contributed by atoms with Crippen LogP contribution < -0.4 is 10.1 Å². The molecule has 1 aromatic carbocycles. The van der Waals surface area contributed by atoms with Gasteiger partial charge in [-0.3, -0.25) is 9.59 Å². The predicted molar refractivity (Wildman–Crippen MR) is 69.8 cm³/mol. The number of carbonyl (C=O) groups is 2. The molecule has 1 N–H and O–H groups in total. The summed E-state index contributed by atoms with van der Waals surface area (Å²) in [6, 6.07) is 6.58. The predicted octanol–water partition coefficient (Wildman–Crippen LogP) is 2.04. The van der Waals surface area contributed by atoms with Gasteiger partial charge in [0.15, 0.2) is 0 Å². The number of rotatable bonds is 6. The summed E-state index contributed by atoms with van der Waals surface area (Å²) in [6.45, 7) is 4.65. The van der Waals surface area contributed by atoms with Gasteiger partial charge in [0.1, 0.15) is 5.75 Å². The zero-order valence-electron chi connectivity index (χ0n) is 11.0. The third-order valence-electron chi connectivity index (χ3n) is 2.55. The van der Waals surface area contributed by atoms with E-state index in [1.165, 1.54) is 7.11 Å². The molecule has 4 nitrogen and oxygen atoms in total. The normalized spacial score (nSPS) is 10.2. The van der Waals surface area contributed by atoms with E-state index in [0.717, 1.165) is 6.42 Å². The topological polar surface area (TPSA) is 55.4 Å². The molecule has 0 fully saturated rings. The minimum atomic E-state index is -0.566. The molecule has 0 saturated heterocycles. The molecule has 98 valence electrons. The summed E-state index contributed by atoms with van der Waals surface area (Å²) in [7, 11) is 1.52. The first-order valence-corrected chi connectivity index (χ1v) is 6.01. The molecule has 0 saturated carbocycles. The fourth-order valence-electron chi connectivity index (χ4n) is 1.45. The summed E-state index contributed by atoms with van der Waals surface area (Å²) in [5.41, 5.74) is 0.344. The lowest BCUT2D eigenvalue weighted by Crippen LogP contribution is -2.32. The number of carbonyl (C=O) groups excluding carboxylic acids is 2. The number of methoxy groups -OCH3 is 1. The molecule has 0 radical (unpaired) electrons. The second kappa shape index (κ2) is 6.79. The van der Waals surface area contributed by atoms with Crippen LogP contribution in [0, 0.1) is 5.92 Å². The fourth-order valence-corrected chi connectivity index (χ4v) is 1.45. The Bertz CT molecular complexity index is 427. The second-order valence-corrected chi connectivity index (χ2v) is 4.50. The molecular weight excluding hydrogens is 230 g/mol. The molecule has 1 amide bonds. The molecular formula is C14H19NO3. The minimum absolute atomic E-state index is 0.344. The van der Waals surface area contributed by atoms with Gasteiger partial charge in [-0.05, 0) is 24.5 Å². The van der Waals surface area contributed by atoms with Crippen LogP contribution in [0.25, 0.3) is 0 Å². The molecule has 0 aliphatic heterocycles. The van der Waals surface area contributed by atoms with Gasteiger partial charge in [0.25, 0.3) is 5.91 Å². The zero-order chi connectivity index (χ0) is 13.5. The van der Waals surface area contributed by atoms with Gasteiger partial charge in [0, 0.05) is 12.1 Å². The Balaban J connectivity index is 2.60. The number of hydrogen-bond donors (Lipinski definition) is 1. The van der Waals surface area contributed by atoms with Crippen molar-refractivity contribution in [3.8, 4) is 5.75 Å². The summed E-state index contributed by atoms with van der Waals surface area (Å²) in [5.74, 6) is -0.0328. The van der Waals surface area contributed by atoms with Crippen LogP contribution in [0.2, 0.25) is 0 Å². The Morgan fingerprint density at radius 2 is 2.06 bits per heavy atom. The van der Waals surface area contributed by atoms with Crippen molar-refractivity contribution in [3.63, 3.8) is 0 Å². The lowest BCUT2D eigenvalue weighted by Gasteiger charge is -2.07. The fraction of sp³-hybridized carbons (Fsp3) is 0.429. The largest absolute Gasteiger partial charge is 0.497 e. The lowest BCUT2D eigenvalue weighted by atomic mass is 10.1. The molecule has 4 heteroatoms. The molecule has 0 aliphatic carbocycles. The van der Waals surface area contributed by atoms with E-state index in [-0.39, 0.29) is 0 Å². The molecule has 0 heterocycles. The van der Waals surface area contributed by atoms with Crippen molar-refractivity contribution in [2.75, 3.05) is 13.7 Å². The minimum Gasteiger partial charge on any atom is -0.497 e. The van der Waals surface area contributed by atoms with Crippen LogP contribution in [-0.4, -0.2) is 25.3 Å². The molecule has 18 heavy (non-hydrogen) atoms. The highest BCUT2D eigenvalue weighted by molar-refractivity contribution is 6.42. The Morgan fingerprint density at radius 3 is 2.67 bits per heavy atom. The average Bonchev–Trinajstić information content (AvgIpc) is 2.37. The van der Waals surface area contributed by atoms with Gasteiger partial charge in [-0.2, -0.15) is 0 Å². The molecule has 0 spiro atoms. The lowest BCUT2D eigenvalue weighted by molar-refractivity contribution is -0.117. The van der Waals surface area contributed by atoms with Gasteiger partial charge >= 0.3 is 0 Å². The summed E-state index contributed by atoms with van der Waals surface area (Å²) in [5, 5.41) is 2.62. The second-order valence-electron chi connectivity index (χ2n) is 4.50. The molecule has 0 aliphatic rings. The monoisotopic (exact) mass is 249 g/mol. The van der Waals surface area contributed by atoms with Crippen molar-refractivity contribution >= 4 is 11.7 Å². The quantitative estimate of drug-likeness (QED) is 0.620. The third kappa shape index (κ3) is 4.20. The molecule has 1 aromatic rings. The van der Waals surface area contributed by atoms with Crippen molar-refractivity contribution < 1.29 is 14.3 Å². The number of ether oxygens (including phenoxy) is 1. The van der Waals surface area contributed by atoms with E-state index in [0.29, 0.717) is 23.8 Å². The molecule has 0 atom stereocenters. The van der Waals surface area contributed by atoms with Crippen LogP contribution in [0.15, 0.2) is 24.3 Å². The van der Waals surface area contributed by atoms with Crippen LogP contribution in [0.4, 0.5) is 0 Å². The van der Waals surface area contributed by atoms with Crippen LogP contribution in [0.5, 0.6) is 5.75 Å². The summed E-state index contributed by atoms with van der Waals surface area (Å²) >= 11 is 0. The van der Waals surface area contributed by atoms with E-state index in [1.54, 1.807) is 24.3 Å². The van der Waals surface area contributed by atoms with Gasteiger partial charge in [-0.1, -0.05) is 26.0 Å². The standard InChI is InChI=1S/C14H19NO3/c1-10(2)7-8-15-14(17)13(16)11-5-4-6-12(9-11)18-3/h4-6,9-10H,7-8H2,1-3H3,(H,15,17). The van der Waals surface area contributed by atoms with Crippen molar-refractivity contribution in [2.45, 2.75) is 20.3 Å². The van der Waals surface area contributed by atoms with Crippen molar-refractivity contribution in [1.82, 2.24) is 5.32 Å². The third-order valence-corrected chi connectivity index (χ3v) is 2.55. The number of hydrogen-bond acceptors (Lipinski definition) is 3. The van der Waals surface area contributed by atoms with E-state index >= 15 is 0 Å². The Hall–Kier alpha value is -1.84. The van der Waals surface area contributed by atoms with E-state index < -0.39 is 11.7 Å². The number of nitrogens with one attached hydrogen (secondary N) is 1. The van der Waals surface area contributed by atoms with Crippen LogP contribution in [-0.2, 0) is 4.79 Å². The van der Waals surface area contributed by atoms with Crippen molar-refractivity contribution in [2.24, 2.45) is 5.92 Å². The van der Waals surface area contributed by atoms with E-state index in [2.05, 4.69) is 19.2 Å². The van der Waals surface area contributed by atoms with Crippen LogP contribution in [0.3, 0.4) is 0 Å². The maximum absolute atomic E-state index is 11.8. The number of amides is 1. The first-order chi connectivity index (χ1) is 8.54. The molecule has 0 bridgehead atoms. The molecule has 0 aromatic heterocycles. The maximum atomic E-state index is 11.8. The Kier molecular flexibility index (Phi) is 5.36. The van der Waals surface area contributed by atoms with Gasteiger partial charge in [0.2, 0.25) is 5.78 Å². The zero-order valence-corrected chi connectivity index (χ0v) is 11.0. The summed E-state index contributed by atoms with van der Waals surface area (Å²) in [6.07, 6.45) is 0.858. The number of benzene rings is 1. The van der Waals surface area contributed by atoms with E-state index in [1.807, 2.05) is 0 Å². The Morgan fingerprint density at radius 1 is 1.33 bits per heavy atom. The smallest absolute Gasteiger partial charge is 0.292 e. The van der Waals surface area contributed by atoms with Gasteiger partial charge in [-0.25, -0.2) is 0 Å². The van der Waals surface area contributed by atoms with Crippen molar-refractivity contribution in [1.29, 1.82) is 0 Å². The van der Waals surface area contributed by atoms with Gasteiger partial charge in [-0.15, -0.1) is 0 Å². The Labute approximate surface area is 107 Å². The average molecular weight is 249 g/mol. The highest BCUT2D eigenvalue weighted by Crippen LogP contribution is 2.12. The highest BCUT2D eigenvalue weighted by atomic mass is 16.5. The maximum Gasteiger partial charge on any atom is 0.292 e. The first kappa shape index (κ1) is 14.2. The SMILES string of the molecule is COc1cccc(C(=O)C(=O)NCCC(C)C)c1. The summed E-state index contributed by atoms with van der Waals surface area (Å²) < 4.78 is 5.01. The highest BCUT2D eigenvalue weighted by Gasteiger charge is 2.16. The number of Topliss-reactive ketones (excluding diaryl/α,β-unsaturated/α-hetero) is 1. The van der Waals surface area contributed by atoms with E-state index in [4.69, 9.17) is 4.74 Å². The van der Waals surface area contributed by atoms with Gasteiger partial charge < -0.3 is 10.1 Å². The van der Waals surface area contributed by atoms with Crippen LogP contribution in [0.1, 0.15) is 30.6 Å². The van der Waals surface area contributed by atoms with Gasteiger partial charge in [0.05, 0.1) is 7.11 Å². The number of ketones is 1. The van der Waals surface area contributed by atoms with Crippen LogP contribution >= 0.6 is 0 Å².